The van der Waals surface area contributed by atoms with Crippen molar-refractivity contribution in [2.24, 2.45) is 5.41 Å². The van der Waals surface area contributed by atoms with Crippen molar-refractivity contribution in [3.8, 4) is 0 Å². The van der Waals surface area contributed by atoms with E-state index in [9.17, 15) is 5.11 Å². The summed E-state index contributed by atoms with van der Waals surface area (Å²) in [7, 11) is 0. The van der Waals surface area contributed by atoms with Gasteiger partial charge in [0.2, 0.25) is 5.28 Å². The normalized spacial score (nSPS) is 40.4. The molecule has 0 aromatic carbocycles. The summed E-state index contributed by atoms with van der Waals surface area (Å²) in [5.41, 5.74) is 6.00. The monoisotopic (exact) mass is 381 g/mol. The molecule has 26 heavy (non-hydrogen) atoms. The van der Waals surface area contributed by atoms with E-state index in [0.29, 0.717) is 17.8 Å². The van der Waals surface area contributed by atoms with Crippen molar-refractivity contribution < 1.29 is 19.3 Å². The molecule has 1 spiro atoms. The minimum Gasteiger partial charge on any atom is -0.394 e. The molecule has 2 saturated heterocycles. The fourth-order valence-electron chi connectivity index (χ4n) is 4.77. The van der Waals surface area contributed by atoms with Gasteiger partial charge in [-0.3, -0.25) is 0 Å². The van der Waals surface area contributed by atoms with Crippen LogP contribution in [-0.4, -0.2) is 61.9 Å². The zero-order chi connectivity index (χ0) is 18.5. The molecule has 3 N–H and O–H groups in total. The molecule has 5 rings (SSSR count). The number of hydrogen-bond donors (Lipinski definition) is 2. The van der Waals surface area contributed by atoms with Gasteiger partial charge in [0, 0.05) is 0 Å². The summed E-state index contributed by atoms with van der Waals surface area (Å²) >= 11 is 6.01. The Labute approximate surface area is 154 Å². The molecule has 2 aromatic heterocycles. The summed E-state index contributed by atoms with van der Waals surface area (Å²) in [5, 5.41) is 9.80. The van der Waals surface area contributed by atoms with Crippen molar-refractivity contribution in [1.82, 2.24) is 19.5 Å². The van der Waals surface area contributed by atoms with Crippen LogP contribution in [0.3, 0.4) is 0 Å². The average molecular weight is 382 g/mol. The predicted octanol–water partition coefficient (Wildman–Crippen LogP) is 0.688. The van der Waals surface area contributed by atoms with Gasteiger partial charge in [-0.25, -0.2) is 4.98 Å². The Hall–Kier alpha value is -1.52. The minimum absolute atomic E-state index is 0.0617. The van der Waals surface area contributed by atoms with Gasteiger partial charge in [-0.1, -0.05) is 0 Å². The molecule has 0 bridgehead atoms. The van der Waals surface area contributed by atoms with Gasteiger partial charge < -0.3 is 29.6 Å². The van der Waals surface area contributed by atoms with Gasteiger partial charge in [-0.15, -0.1) is 0 Å². The second kappa shape index (κ2) is 4.85. The van der Waals surface area contributed by atoms with E-state index in [-0.39, 0.29) is 29.9 Å². The van der Waals surface area contributed by atoms with Crippen LogP contribution >= 0.6 is 11.6 Å². The van der Waals surface area contributed by atoms with Gasteiger partial charge in [-0.2, -0.15) is 9.97 Å². The molecular weight excluding hydrogens is 362 g/mol. The maximum absolute atomic E-state index is 9.74. The molecule has 3 unspecified atom stereocenters. The third-order valence-electron chi connectivity index (χ3n) is 6.14. The summed E-state index contributed by atoms with van der Waals surface area (Å²) in [4.78, 5) is 12.6. The number of aromatic nitrogens is 4. The first-order valence-electron chi connectivity index (χ1n) is 8.49. The zero-order valence-corrected chi connectivity index (χ0v) is 15.4. The second-order valence-electron chi connectivity index (χ2n) is 7.82. The number of anilines is 1. The molecule has 0 amide bonds. The lowest BCUT2D eigenvalue weighted by molar-refractivity contribution is -0.309. The van der Waals surface area contributed by atoms with Crippen molar-refractivity contribution in [3.05, 3.63) is 11.6 Å². The van der Waals surface area contributed by atoms with Crippen LogP contribution in [0, 0.1) is 5.41 Å². The van der Waals surface area contributed by atoms with Gasteiger partial charge in [0.25, 0.3) is 0 Å². The van der Waals surface area contributed by atoms with E-state index in [1.165, 1.54) is 0 Å². The largest absolute Gasteiger partial charge is 0.394 e. The summed E-state index contributed by atoms with van der Waals surface area (Å²) in [6.45, 7) is 6.11. The number of aliphatic hydroxyl groups is 1. The van der Waals surface area contributed by atoms with Crippen molar-refractivity contribution in [3.63, 3.8) is 0 Å². The van der Waals surface area contributed by atoms with E-state index < -0.39 is 22.8 Å². The first-order chi connectivity index (χ1) is 12.2. The SMILES string of the molecule is CC1(C)OCC23C(O1)[C@@H](CO)O[C@H]2C3(C)n1cnc2c(N)nc(Cl)nc21. The highest BCUT2D eigenvalue weighted by Gasteiger charge is 2.86. The third-order valence-corrected chi connectivity index (χ3v) is 6.31. The fourth-order valence-corrected chi connectivity index (χ4v) is 4.94. The highest BCUT2D eigenvalue weighted by atomic mass is 35.5. The van der Waals surface area contributed by atoms with Crippen LogP contribution in [0.4, 0.5) is 5.82 Å². The first-order valence-corrected chi connectivity index (χ1v) is 8.87. The number of rotatable bonds is 2. The molecule has 2 aromatic rings. The Morgan fingerprint density at radius 2 is 2.15 bits per heavy atom. The molecule has 1 aliphatic carbocycles. The molecule has 5 atom stereocenters. The summed E-state index contributed by atoms with van der Waals surface area (Å²) < 4.78 is 20.2. The van der Waals surface area contributed by atoms with Crippen LogP contribution in [0.5, 0.6) is 0 Å². The number of nitrogens with zero attached hydrogens (tertiary/aromatic N) is 4. The Kier molecular flexibility index (Phi) is 3.10. The highest BCUT2D eigenvalue weighted by Crippen LogP contribution is 2.72. The number of hydrogen-bond acceptors (Lipinski definition) is 8. The molecule has 3 aliphatic rings. The molecular formula is C16H20ClN5O4. The predicted molar refractivity (Wildman–Crippen MR) is 91.5 cm³/mol. The van der Waals surface area contributed by atoms with Crippen LogP contribution in [0.1, 0.15) is 20.8 Å². The zero-order valence-electron chi connectivity index (χ0n) is 14.6. The molecule has 3 fully saturated rings. The van der Waals surface area contributed by atoms with E-state index >= 15 is 0 Å². The molecule has 4 heterocycles. The fraction of sp³-hybridized carbons (Fsp3) is 0.688. The van der Waals surface area contributed by atoms with E-state index in [0.717, 1.165) is 0 Å². The lowest BCUT2D eigenvalue weighted by atomic mass is 9.89. The molecule has 2 aliphatic heterocycles. The Morgan fingerprint density at radius 1 is 1.38 bits per heavy atom. The number of fused-ring (bicyclic) bond motifs is 1. The van der Waals surface area contributed by atoms with Crippen LogP contribution in [0.25, 0.3) is 11.2 Å². The van der Waals surface area contributed by atoms with Gasteiger partial charge in [-0.05, 0) is 32.4 Å². The Bertz CT molecular complexity index is 919. The smallest absolute Gasteiger partial charge is 0.226 e. The van der Waals surface area contributed by atoms with Gasteiger partial charge in [0.05, 0.1) is 36.6 Å². The maximum atomic E-state index is 9.74. The Morgan fingerprint density at radius 3 is 2.88 bits per heavy atom. The summed E-state index contributed by atoms with van der Waals surface area (Å²) in [6.07, 6.45) is 0.765. The average Bonchev–Trinajstić information content (AvgIpc) is 2.92. The number of aliphatic hydroxyl groups excluding tert-OH is 1. The highest BCUT2D eigenvalue weighted by molar-refractivity contribution is 6.28. The van der Waals surface area contributed by atoms with E-state index in [2.05, 4.69) is 21.9 Å². The number of ether oxygens (including phenoxy) is 3. The lowest BCUT2D eigenvalue weighted by Gasteiger charge is -2.43. The van der Waals surface area contributed by atoms with Crippen molar-refractivity contribution in [2.75, 3.05) is 18.9 Å². The number of nitrogen functional groups attached to an aromatic ring is 1. The Balaban J connectivity index is 1.64. The van der Waals surface area contributed by atoms with Crippen LogP contribution in [0.2, 0.25) is 5.28 Å². The van der Waals surface area contributed by atoms with Gasteiger partial charge >= 0.3 is 0 Å². The van der Waals surface area contributed by atoms with E-state index in [1.807, 2.05) is 18.4 Å². The van der Waals surface area contributed by atoms with Crippen LogP contribution in [0.15, 0.2) is 6.33 Å². The minimum atomic E-state index is -0.738. The third kappa shape index (κ3) is 1.77. The first kappa shape index (κ1) is 16.6. The number of halogens is 1. The van der Waals surface area contributed by atoms with Crippen molar-refractivity contribution >= 4 is 28.6 Å². The van der Waals surface area contributed by atoms with Crippen LogP contribution in [-0.2, 0) is 19.7 Å². The quantitative estimate of drug-likeness (QED) is 0.729. The molecule has 140 valence electrons. The van der Waals surface area contributed by atoms with Crippen LogP contribution < -0.4 is 5.73 Å². The van der Waals surface area contributed by atoms with Crippen molar-refractivity contribution in [1.29, 1.82) is 0 Å². The topological polar surface area (TPSA) is 118 Å². The summed E-state index contributed by atoms with van der Waals surface area (Å²) in [6, 6.07) is 0. The lowest BCUT2D eigenvalue weighted by Crippen LogP contribution is -2.54. The van der Waals surface area contributed by atoms with Crippen molar-refractivity contribution in [2.45, 2.75) is 50.4 Å². The molecule has 1 saturated carbocycles. The molecule has 9 nitrogen and oxygen atoms in total. The number of nitrogens with two attached hydrogens (primary N) is 1. The second-order valence-corrected chi connectivity index (χ2v) is 8.15. The van der Waals surface area contributed by atoms with Gasteiger partial charge in [0.1, 0.15) is 17.7 Å². The number of imidazole rings is 1. The maximum Gasteiger partial charge on any atom is 0.226 e. The van der Waals surface area contributed by atoms with Gasteiger partial charge in [0.15, 0.2) is 17.3 Å². The van der Waals surface area contributed by atoms with E-state index in [4.69, 9.17) is 31.5 Å². The van der Waals surface area contributed by atoms with E-state index in [1.54, 1.807) is 6.33 Å². The molecule has 0 radical (unpaired) electrons. The summed E-state index contributed by atoms with van der Waals surface area (Å²) in [5.74, 6) is -0.508. The molecule has 10 heteroatoms. The standard InChI is InChI=1S/C16H20ClN5O4/c1-14(2)24-5-16-9(26-14)7(4-23)25-12(16)15(16,3)22-6-19-8-10(18)20-13(17)21-11(8)22/h6-7,9,12,23H,4-5H2,1-3H3,(H2,18,20,21)/t7-,9?,12+,15?,16?/m1/s1.